The van der Waals surface area contributed by atoms with E-state index in [0.29, 0.717) is 18.2 Å². The molecule has 2 aromatic rings. The lowest BCUT2D eigenvalue weighted by molar-refractivity contribution is -0.120. The minimum atomic E-state index is -0.682. The van der Waals surface area contributed by atoms with Crippen LogP contribution in [0.1, 0.15) is 58.6 Å². The van der Waals surface area contributed by atoms with E-state index in [0.717, 1.165) is 5.56 Å². The number of aromatic amines is 1. The van der Waals surface area contributed by atoms with Crippen molar-refractivity contribution in [3.8, 4) is 5.75 Å². The van der Waals surface area contributed by atoms with Gasteiger partial charge in [-0.2, -0.15) is 0 Å². The molecule has 0 saturated heterocycles. The summed E-state index contributed by atoms with van der Waals surface area (Å²) in [7, 11) is 0. The molecular formula is C24H36N4O4. The highest BCUT2D eigenvalue weighted by atomic mass is 16.5. The van der Waals surface area contributed by atoms with Crippen molar-refractivity contribution in [3.05, 3.63) is 50.2 Å². The number of benzene rings is 1. The summed E-state index contributed by atoms with van der Waals surface area (Å²) in [5.41, 5.74) is 7.25. The van der Waals surface area contributed by atoms with Crippen LogP contribution in [0.2, 0.25) is 0 Å². The van der Waals surface area contributed by atoms with Crippen LogP contribution in [0.5, 0.6) is 5.75 Å². The van der Waals surface area contributed by atoms with E-state index in [-0.39, 0.29) is 36.5 Å². The van der Waals surface area contributed by atoms with Crippen LogP contribution in [-0.4, -0.2) is 28.6 Å². The second kappa shape index (κ2) is 10.5. The van der Waals surface area contributed by atoms with Gasteiger partial charge in [0.05, 0.1) is 0 Å². The predicted octanol–water partition coefficient (Wildman–Crippen LogP) is 3.27. The number of anilines is 2. The van der Waals surface area contributed by atoms with E-state index in [9.17, 15) is 14.4 Å². The van der Waals surface area contributed by atoms with Crippen LogP contribution in [-0.2, 0) is 11.3 Å². The van der Waals surface area contributed by atoms with Crippen molar-refractivity contribution < 1.29 is 9.53 Å². The van der Waals surface area contributed by atoms with E-state index >= 15 is 0 Å². The molecule has 0 fully saturated rings. The fourth-order valence-corrected chi connectivity index (χ4v) is 3.68. The van der Waals surface area contributed by atoms with Crippen molar-refractivity contribution in [1.82, 2.24) is 9.55 Å². The highest BCUT2D eigenvalue weighted by molar-refractivity contribution is 5.96. The maximum atomic E-state index is 13.1. The number of ether oxygens (including phenoxy) is 1. The number of amides is 1. The molecule has 32 heavy (non-hydrogen) atoms. The van der Waals surface area contributed by atoms with Crippen molar-refractivity contribution >= 4 is 17.4 Å². The van der Waals surface area contributed by atoms with E-state index in [1.165, 1.54) is 15.0 Å². The normalized spacial score (nSPS) is 11.4. The van der Waals surface area contributed by atoms with Gasteiger partial charge in [0.2, 0.25) is 0 Å². The third-order valence-corrected chi connectivity index (χ3v) is 5.11. The van der Waals surface area contributed by atoms with Gasteiger partial charge < -0.3 is 15.4 Å². The smallest absolute Gasteiger partial charge is 0.330 e. The summed E-state index contributed by atoms with van der Waals surface area (Å²) in [6.45, 7) is 14.3. The number of rotatable bonds is 9. The zero-order valence-corrected chi connectivity index (χ0v) is 20.2. The molecule has 0 bridgehead atoms. The quantitative estimate of drug-likeness (QED) is 0.617. The number of nitrogen functional groups attached to an aromatic ring is 1. The lowest BCUT2D eigenvalue weighted by Gasteiger charge is -2.26. The number of aryl methyl sites for hydroxylation is 1. The molecule has 1 amide bonds. The number of aromatic nitrogens is 2. The maximum absolute atomic E-state index is 13.1. The van der Waals surface area contributed by atoms with Crippen LogP contribution < -0.4 is 26.6 Å². The Balaban J connectivity index is 2.36. The molecular weight excluding hydrogens is 408 g/mol. The maximum Gasteiger partial charge on any atom is 0.330 e. The van der Waals surface area contributed by atoms with Crippen molar-refractivity contribution in [1.29, 1.82) is 0 Å². The molecule has 8 heteroatoms. The minimum absolute atomic E-state index is 0.0149. The molecule has 176 valence electrons. The Morgan fingerprint density at radius 1 is 1.12 bits per heavy atom. The number of hydrogen-bond acceptors (Lipinski definition) is 5. The molecule has 0 spiro atoms. The van der Waals surface area contributed by atoms with Crippen LogP contribution >= 0.6 is 0 Å². The molecule has 0 aliphatic carbocycles. The van der Waals surface area contributed by atoms with E-state index in [4.69, 9.17) is 10.5 Å². The first-order valence-corrected chi connectivity index (χ1v) is 11.1. The van der Waals surface area contributed by atoms with Gasteiger partial charge in [0.15, 0.2) is 12.3 Å². The molecule has 2 rings (SSSR count). The predicted molar refractivity (Wildman–Crippen MR) is 129 cm³/mol. The second-order valence-corrected chi connectivity index (χ2v) is 9.36. The lowest BCUT2D eigenvalue weighted by Crippen LogP contribution is -2.44. The summed E-state index contributed by atoms with van der Waals surface area (Å²) in [6, 6.07) is 5.74. The van der Waals surface area contributed by atoms with Crippen LogP contribution in [0.25, 0.3) is 0 Å². The van der Waals surface area contributed by atoms with Crippen LogP contribution in [0, 0.1) is 18.8 Å². The first-order chi connectivity index (χ1) is 14.9. The first-order valence-electron chi connectivity index (χ1n) is 11.1. The highest BCUT2D eigenvalue weighted by Crippen LogP contribution is 2.24. The standard InChI is InChI=1S/C24H36N4O4/c1-14(2)11-27(21-22(25)28(12-15(3)4)24(31)26-23(21)30)20(29)13-32-18-8-9-19(16(5)6)17(7)10-18/h8-10,14-16H,11-13,25H2,1-7H3,(H,26,30,31). The average Bonchev–Trinajstić information content (AvgIpc) is 2.67. The Labute approximate surface area is 189 Å². The number of carbonyl (C=O) groups excluding carboxylic acids is 1. The monoisotopic (exact) mass is 444 g/mol. The van der Waals surface area contributed by atoms with Crippen molar-refractivity contribution in [2.45, 2.75) is 60.9 Å². The summed E-state index contributed by atoms with van der Waals surface area (Å²) < 4.78 is 7.06. The zero-order chi connectivity index (χ0) is 24.2. The molecule has 1 heterocycles. The molecule has 8 nitrogen and oxygen atoms in total. The van der Waals surface area contributed by atoms with Gasteiger partial charge in [-0.3, -0.25) is 19.1 Å². The zero-order valence-electron chi connectivity index (χ0n) is 20.2. The van der Waals surface area contributed by atoms with E-state index in [1.54, 1.807) is 0 Å². The molecule has 0 radical (unpaired) electrons. The molecule has 0 unspecified atom stereocenters. The number of carbonyl (C=O) groups is 1. The second-order valence-electron chi connectivity index (χ2n) is 9.36. The highest BCUT2D eigenvalue weighted by Gasteiger charge is 2.25. The SMILES string of the molecule is Cc1cc(OCC(=O)N(CC(C)C)c2c(N)n(CC(C)C)c(=O)[nH]c2=O)ccc1C(C)C. The number of nitrogens with zero attached hydrogens (tertiary/aromatic N) is 2. The molecule has 3 N–H and O–H groups in total. The third-order valence-electron chi connectivity index (χ3n) is 5.11. The third kappa shape index (κ3) is 6.02. The largest absolute Gasteiger partial charge is 0.484 e. The molecule has 0 saturated carbocycles. The summed E-state index contributed by atoms with van der Waals surface area (Å²) in [4.78, 5) is 41.7. The lowest BCUT2D eigenvalue weighted by atomic mass is 9.98. The van der Waals surface area contributed by atoms with Crippen LogP contribution in [0.4, 0.5) is 11.5 Å². The summed E-state index contributed by atoms with van der Waals surface area (Å²) in [6.07, 6.45) is 0. The van der Waals surface area contributed by atoms with Gasteiger partial charge in [0, 0.05) is 13.1 Å². The topological polar surface area (TPSA) is 110 Å². The number of nitrogens with two attached hydrogens (primary N) is 1. The first kappa shape index (κ1) is 25.2. The Kier molecular flexibility index (Phi) is 8.30. The van der Waals surface area contributed by atoms with Crippen molar-refractivity contribution in [2.75, 3.05) is 23.8 Å². The van der Waals surface area contributed by atoms with Gasteiger partial charge in [-0.25, -0.2) is 4.79 Å². The van der Waals surface area contributed by atoms with Crippen LogP contribution in [0.3, 0.4) is 0 Å². The fourth-order valence-electron chi connectivity index (χ4n) is 3.68. The Hall–Kier alpha value is -3.03. The summed E-state index contributed by atoms with van der Waals surface area (Å²) >= 11 is 0. The molecule has 0 aliphatic rings. The number of nitrogens with one attached hydrogen (secondary N) is 1. The van der Waals surface area contributed by atoms with Crippen molar-refractivity contribution in [3.63, 3.8) is 0 Å². The van der Waals surface area contributed by atoms with E-state index < -0.39 is 17.2 Å². The molecule has 0 aliphatic heterocycles. The number of hydrogen-bond donors (Lipinski definition) is 2. The van der Waals surface area contributed by atoms with Gasteiger partial charge >= 0.3 is 5.69 Å². The van der Waals surface area contributed by atoms with Gasteiger partial charge in [-0.1, -0.05) is 47.6 Å². The Morgan fingerprint density at radius 2 is 1.78 bits per heavy atom. The number of H-pyrrole nitrogens is 1. The Morgan fingerprint density at radius 3 is 2.31 bits per heavy atom. The molecule has 1 aromatic heterocycles. The minimum Gasteiger partial charge on any atom is -0.484 e. The summed E-state index contributed by atoms with van der Waals surface area (Å²) in [5, 5.41) is 0. The van der Waals surface area contributed by atoms with E-state index in [1.807, 2.05) is 52.8 Å². The molecule has 1 aromatic carbocycles. The fraction of sp³-hybridized carbons (Fsp3) is 0.542. The van der Waals surface area contributed by atoms with Gasteiger partial charge in [-0.15, -0.1) is 0 Å². The van der Waals surface area contributed by atoms with Gasteiger partial charge in [0.25, 0.3) is 11.5 Å². The van der Waals surface area contributed by atoms with Crippen molar-refractivity contribution in [2.24, 2.45) is 11.8 Å². The van der Waals surface area contributed by atoms with Gasteiger partial charge in [0.1, 0.15) is 11.6 Å². The van der Waals surface area contributed by atoms with Gasteiger partial charge in [-0.05, 0) is 47.9 Å². The average molecular weight is 445 g/mol. The van der Waals surface area contributed by atoms with Crippen LogP contribution in [0.15, 0.2) is 27.8 Å². The Bertz CT molecular complexity index is 1070. The summed E-state index contributed by atoms with van der Waals surface area (Å²) in [5.74, 6) is 0.744. The molecule has 0 atom stereocenters. The van der Waals surface area contributed by atoms with E-state index in [2.05, 4.69) is 18.8 Å².